The molecule has 0 spiro atoms. The van der Waals surface area contributed by atoms with Crippen molar-refractivity contribution in [3.63, 3.8) is 0 Å². The van der Waals surface area contributed by atoms with Gasteiger partial charge in [-0.1, -0.05) is 42.6 Å². The van der Waals surface area contributed by atoms with Crippen LogP contribution in [-0.4, -0.2) is 53.8 Å². The Morgan fingerprint density at radius 3 is 2.29 bits per heavy atom. The average molecular weight is 494 g/mol. The van der Waals surface area contributed by atoms with Gasteiger partial charge in [0.15, 0.2) is 0 Å². The van der Waals surface area contributed by atoms with Crippen LogP contribution >= 0.6 is 11.6 Å². The number of amides is 2. The Morgan fingerprint density at radius 2 is 1.65 bits per heavy atom. The summed E-state index contributed by atoms with van der Waals surface area (Å²) in [7, 11) is 0. The van der Waals surface area contributed by atoms with E-state index in [0.717, 1.165) is 31.7 Å². The molecule has 1 saturated carbocycles. The van der Waals surface area contributed by atoms with Gasteiger partial charge in [-0.25, -0.2) is 0 Å². The van der Waals surface area contributed by atoms with Crippen LogP contribution in [0.3, 0.4) is 0 Å². The summed E-state index contributed by atoms with van der Waals surface area (Å²) >= 11 is 6.05. The Bertz CT molecular complexity index is 1030. The van der Waals surface area contributed by atoms with Gasteiger partial charge in [0.25, 0.3) is 5.91 Å². The number of hydrogen-bond donors (Lipinski definition) is 1. The number of nitrogens with zero attached hydrogens (tertiary/aromatic N) is 2. The van der Waals surface area contributed by atoms with Crippen molar-refractivity contribution in [2.45, 2.75) is 37.9 Å². The third kappa shape index (κ3) is 5.55. The highest BCUT2D eigenvalue weighted by Gasteiger charge is 2.39. The molecule has 1 aliphatic carbocycles. The first-order valence-electron chi connectivity index (χ1n) is 11.5. The van der Waals surface area contributed by atoms with Crippen molar-refractivity contribution in [3.05, 3.63) is 64.7 Å². The second-order valence-corrected chi connectivity index (χ2v) is 9.30. The number of anilines is 1. The van der Waals surface area contributed by atoms with Gasteiger partial charge in [0.1, 0.15) is 0 Å². The number of hydrogen-bond acceptors (Lipinski definition) is 3. The lowest BCUT2D eigenvalue weighted by molar-refractivity contribution is -0.138. The Hall–Kier alpha value is -2.58. The van der Waals surface area contributed by atoms with Gasteiger partial charge >= 0.3 is 6.18 Å². The van der Waals surface area contributed by atoms with Crippen molar-refractivity contribution in [2.75, 3.05) is 31.5 Å². The van der Waals surface area contributed by atoms with E-state index in [1.54, 1.807) is 24.3 Å². The minimum atomic E-state index is -4.60. The number of nitrogens with one attached hydrogen (secondary N) is 1. The molecule has 1 N–H and O–H groups in total. The van der Waals surface area contributed by atoms with Crippen molar-refractivity contribution in [1.82, 2.24) is 9.80 Å². The summed E-state index contributed by atoms with van der Waals surface area (Å²) < 4.78 is 40.1. The predicted octanol–water partition coefficient (Wildman–Crippen LogP) is 5.31. The van der Waals surface area contributed by atoms with Gasteiger partial charge in [-0.15, -0.1) is 0 Å². The number of carbonyl (C=O) groups is 2. The first-order valence-corrected chi connectivity index (χ1v) is 11.9. The van der Waals surface area contributed by atoms with E-state index in [4.69, 9.17) is 11.6 Å². The van der Waals surface area contributed by atoms with Crippen LogP contribution in [0.25, 0.3) is 0 Å². The minimum absolute atomic E-state index is 0.114. The highest BCUT2D eigenvalue weighted by atomic mass is 35.5. The third-order valence-corrected chi connectivity index (χ3v) is 6.90. The molecule has 2 aromatic carbocycles. The van der Waals surface area contributed by atoms with Crippen molar-refractivity contribution < 1.29 is 22.8 Å². The maximum Gasteiger partial charge on any atom is 0.417 e. The normalized spacial score (nSPS) is 18.6. The number of rotatable bonds is 5. The van der Waals surface area contributed by atoms with Crippen LogP contribution in [0.5, 0.6) is 0 Å². The molecular weight excluding hydrogens is 467 g/mol. The quantitative estimate of drug-likeness (QED) is 0.614. The fourth-order valence-electron chi connectivity index (χ4n) is 5.02. The fraction of sp³-hybridized carbons (Fsp3) is 0.440. The van der Waals surface area contributed by atoms with Crippen molar-refractivity contribution in [2.24, 2.45) is 5.92 Å². The molecule has 0 aromatic heterocycles. The number of halogens is 4. The molecule has 0 unspecified atom stereocenters. The minimum Gasteiger partial charge on any atom is -0.336 e. The summed E-state index contributed by atoms with van der Waals surface area (Å²) in [6, 6.07) is 11.5. The van der Waals surface area contributed by atoms with E-state index in [2.05, 4.69) is 10.2 Å². The molecule has 2 aliphatic rings. The standard InChI is InChI=1S/C25H27ClF3N3O2/c26-18-8-5-9-19(16-18)30-23(33)22(17-6-1-2-7-17)31-12-14-32(15-13-31)24(34)20-10-3-4-11-21(20)25(27,28)29/h3-5,8-11,16-17,22H,1-2,6-7,12-15H2,(H,30,33)/t22-/m0/s1. The largest absolute Gasteiger partial charge is 0.417 e. The van der Waals surface area contributed by atoms with Crippen LogP contribution in [0.1, 0.15) is 41.6 Å². The predicted molar refractivity (Wildman–Crippen MR) is 125 cm³/mol. The van der Waals surface area contributed by atoms with Gasteiger partial charge in [0, 0.05) is 36.9 Å². The van der Waals surface area contributed by atoms with Crippen LogP contribution in [-0.2, 0) is 11.0 Å². The molecule has 2 aromatic rings. The van der Waals surface area contributed by atoms with Gasteiger partial charge in [-0.2, -0.15) is 13.2 Å². The highest BCUT2D eigenvalue weighted by Crippen LogP contribution is 2.34. The zero-order valence-electron chi connectivity index (χ0n) is 18.7. The van der Waals surface area contributed by atoms with Crippen molar-refractivity contribution in [1.29, 1.82) is 0 Å². The summed E-state index contributed by atoms with van der Waals surface area (Å²) in [6.45, 7) is 1.37. The van der Waals surface area contributed by atoms with Gasteiger partial charge in [0.2, 0.25) is 5.91 Å². The molecule has 0 radical (unpaired) electrons. The third-order valence-electron chi connectivity index (χ3n) is 6.66. The first-order chi connectivity index (χ1) is 16.2. The lowest BCUT2D eigenvalue weighted by Crippen LogP contribution is -2.57. The first kappa shape index (κ1) is 24.5. The second kappa shape index (κ2) is 10.4. The van der Waals surface area contributed by atoms with Crippen LogP contribution in [0.15, 0.2) is 48.5 Å². The van der Waals surface area contributed by atoms with Gasteiger partial charge in [0.05, 0.1) is 17.2 Å². The van der Waals surface area contributed by atoms with E-state index >= 15 is 0 Å². The second-order valence-electron chi connectivity index (χ2n) is 8.86. The molecule has 4 rings (SSSR count). The Morgan fingerprint density at radius 1 is 0.971 bits per heavy atom. The summed E-state index contributed by atoms with van der Waals surface area (Å²) in [4.78, 5) is 29.7. The van der Waals surface area contributed by atoms with Crippen LogP contribution < -0.4 is 5.32 Å². The molecule has 2 amide bonds. The molecule has 2 fully saturated rings. The molecule has 1 saturated heterocycles. The van der Waals surface area contributed by atoms with Crippen LogP contribution in [0.2, 0.25) is 5.02 Å². The molecule has 34 heavy (non-hydrogen) atoms. The number of carbonyl (C=O) groups excluding carboxylic acids is 2. The maximum absolute atomic E-state index is 13.4. The van der Waals surface area contributed by atoms with E-state index in [-0.39, 0.29) is 36.5 Å². The van der Waals surface area contributed by atoms with Crippen LogP contribution in [0, 0.1) is 5.92 Å². The van der Waals surface area contributed by atoms with Gasteiger partial charge < -0.3 is 10.2 Å². The molecule has 1 heterocycles. The fourth-order valence-corrected chi connectivity index (χ4v) is 5.21. The molecule has 1 aliphatic heterocycles. The molecule has 9 heteroatoms. The highest BCUT2D eigenvalue weighted by molar-refractivity contribution is 6.30. The van der Waals surface area contributed by atoms with Gasteiger partial charge in [-0.3, -0.25) is 14.5 Å². The van der Waals surface area contributed by atoms with E-state index in [9.17, 15) is 22.8 Å². The monoisotopic (exact) mass is 493 g/mol. The lowest BCUT2D eigenvalue weighted by Gasteiger charge is -2.41. The summed E-state index contributed by atoms with van der Waals surface area (Å²) in [5.41, 5.74) is -0.639. The number of alkyl halides is 3. The Kier molecular flexibility index (Phi) is 7.48. The van der Waals surface area contributed by atoms with E-state index in [1.165, 1.54) is 23.1 Å². The van der Waals surface area contributed by atoms with Crippen molar-refractivity contribution in [3.8, 4) is 0 Å². The van der Waals surface area contributed by atoms with Crippen LogP contribution in [0.4, 0.5) is 18.9 Å². The summed E-state index contributed by atoms with van der Waals surface area (Å²) in [5, 5.41) is 3.50. The van der Waals surface area contributed by atoms with E-state index < -0.39 is 17.6 Å². The van der Waals surface area contributed by atoms with Crippen molar-refractivity contribution >= 4 is 29.1 Å². The molecule has 1 atom stereocenters. The average Bonchev–Trinajstić information content (AvgIpc) is 3.33. The summed E-state index contributed by atoms with van der Waals surface area (Å²) in [5.74, 6) is -0.544. The summed E-state index contributed by atoms with van der Waals surface area (Å²) in [6.07, 6.45) is -0.561. The Labute approximate surface area is 201 Å². The maximum atomic E-state index is 13.4. The Balaban J connectivity index is 1.46. The molecule has 0 bridgehead atoms. The zero-order chi connectivity index (χ0) is 24.3. The molecule has 5 nitrogen and oxygen atoms in total. The number of benzene rings is 2. The van der Waals surface area contributed by atoms with E-state index in [0.29, 0.717) is 23.8 Å². The number of piperazine rings is 1. The lowest BCUT2D eigenvalue weighted by atomic mass is 9.94. The van der Waals surface area contributed by atoms with E-state index in [1.807, 2.05) is 0 Å². The SMILES string of the molecule is O=C(Nc1cccc(Cl)c1)[C@H](C1CCCC1)N1CCN(C(=O)c2ccccc2C(F)(F)F)CC1. The van der Waals surface area contributed by atoms with Gasteiger partial charge in [-0.05, 0) is 49.1 Å². The molecule has 182 valence electrons. The topological polar surface area (TPSA) is 52.7 Å². The smallest absolute Gasteiger partial charge is 0.336 e. The zero-order valence-corrected chi connectivity index (χ0v) is 19.4. The molecular formula is C25H27ClF3N3O2.